The van der Waals surface area contributed by atoms with Crippen molar-refractivity contribution in [2.75, 3.05) is 26.7 Å². The lowest BCUT2D eigenvalue weighted by Crippen LogP contribution is -2.43. The number of hydrogen-bond donors (Lipinski definition) is 2. The van der Waals surface area contributed by atoms with Crippen LogP contribution in [0.15, 0.2) is 24.3 Å². The molecule has 22 heavy (non-hydrogen) atoms. The highest BCUT2D eigenvalue weighted by molar-refractivity contribution is 6.31. The number of amides is 1. The minimum Gasteiger partial charge on any atom is -0.348 e. The maximum Gasteiger partial charge on any atom is 0.234 e. The second-order valence-corrected chi connectivity index (χ2v) is 6.04. The maximum atomic E-state index is 12.2. The molecule has 1 aliphatic rings. The topological polar surface area (TPSA) is 44.4 Å². The SMILES string of the molecule is CNCC1CCCN1CC(=O)NC(C)c1ccccc1Cl.Cl. The molecule has 6 heteroatoms. The van der Waals surface area contributed by atoms with Gasteiger partial charge in [0, 0.05) is 17.6 Å². The maximum absolute atomic E-state index is 12.2. The lowest BCUT2D eigenvalue weighted by Gasteiger charge is -2.24. The van der Waals surface area contributed by atoms with E-state index in [1.807, 2.05) is 38.2 Å². The molecule has 1 aromatic rings. The average Bonchev–Trinajstić information content (AvgIpc) is 2.86. The molecule has 1 aromatic carbocycles. The van der Waals surface area contributed by atoms with Crippen LogP contribution in [0.25, 0.3) is 0 Å². The van der Waals surface area contributed by atoms with Crippen LogP contribution in [0.2, 0.25) is 5.02 Å². The van der Waals surface area contributed by atoms with E-state index in [1.165, 1.54) is 6.42 Å². The van der Waals surface area contributed by atoms with Crippen molar-refractivity contribution >= 4 is 29.9 Å². The molecule has 0 radical (unpaired) electrons. The zero-order valence-electron chi connectivity index (χ0n) is 13.1. The summed E-state index contributed by atoms with van der Waals surface area (Å²) >= 11 is 6.17. The Morgan fingerprint density at radius 3 is 2.86 bits per heavy atom. The number of carbonyl (C=O) groups is 1. The molecule has 0 saturated carbocycles. The van der Waals surface area contributed by atoms with Crippen molar-refractivity contribution in [3.05, 3.63) is 34.9 Å². The predicted molar refractivity (Wildman–Crippen MR) is 93.8 cm³/mol. The number of nitrogens with one attached hydrogen (secondary N) is 2. The van der Waals surface area contributed by atoms with E-state index < -0.39 is 0 Å². The van der Waals surface area contributed by atoms with Gasteiger partial charge in [-0.1, -0.05) is 29.8 Å². The fourth-order valence-electron chi connectivity index (χ4n) is 2.95. The summed E-state index contributed by atoms with van der Waals surface area (Å²) in [6.07, 6.45) is 2.33. The quantitative estimate of drug-likeness (QED) is 0.832. The summed E-state index contributed by atoms with van der Waals surface area (Å²) in [6.45, 7) is 4.36. The smallest absolute Gasteiger partial charge is 0.234 e. The molecule has 1 saturated heterocycles. The Kier molecular flexibility index (Phi) is 8.18. The number of nitrogens with zero attached hydrogens (tertiary/aromatic N) is 1. The van der Waals surface area contributed by atoms with Crippen LogP contribution in [0.3, 0.4) is 0 Å². The third kappa shape index (κ3) is 5.13. The van der Waals surface area contributed by atoms with Crippen LogP contribution < -0.4 is 10.6 Å². The molecule has 124 valence electrons. The number of likely N-dealkylation sites (N-methyl/N-ethyl adjacent to an activating group) is 1. The van der Waals surface area contributed by atoms with Crippen LogP contribution in [-0.2, 0) is 4.79 Å². The average molecular weight is 346 g/mol. The van der Waals surface area contributed by atoms with Crippen LogP contribution in [0.1, 0.15) is 31.4 Å². The van der Waals surface area contributed by atoms with Gasteiger partial charge in [-0.2, -0.15) is 0 Å². The molecule has 1 amide bonds. The number of halogens is 2. The van der Waals surface area contributed by atoms with Crippen molar-refractivity contribution in [2.24, 2.45) is 0 Å². The summed E-state index contributed by atoms with van der Waals surface area (Å²) < 4.78 is 0. The Balaban J connectivity index is 0.00000242. The van der Waals surface area contributed by atoms with E-state index in [2.05, 4.69) is 15.5 Å². The van der Waals surface area contributed by atoms with Crippen LogP contribution in [0.4, 0.5) is 0 Å². The molecule has 2 unspecified atom stereocenters. The fraction of sp³-hybridized carbons (Fsp3) is 0.562. The monoisotopic (exact) mass is 345 g/mol. The molecule has 1 aliphatic heterocycles. The molecule has 0 aliphatic carbocycles. The summed E-state index contributed by atoms with van der Waals surface area (Å²) in [5.74, 6) is 0.0606. The highest BCUT2D eigenvalue weighted by Crippen LogP contribution is 2.22. The predicted octanol–water partition coefficient (Wildman–Crippen LogP) is 2.62. The Labute approximate surface area is 144 Å². The third-order valence-corrected chi connectivity index (χ3v) is 4.38. The Morgan fingerprint density at radius 1 is 1.45 bits per heavy atom. The van der Waals surface area contributed by atoms with E-state index in [4.69, 9.17) is 11.6 Å². The first kappa shape index (κ1) is 19.2. The Morgan fingerprint density at radius 2 is 2.18 bits per heavy atom. The summed E-state index contributed by atoms with van der Waals surface area (Å²) in [5, 5.41) is 6.93. The van der Waals surface area contributed by atoms with E-state index >= 15 is 0 Å². The van der Waals surface area contributed by atoms with Crippen LogP contribution in [-0.4, -0.2) is 43.5 Å². The first-order valence-corrected chi connectivity index (χ1v) is 7.92. The minimum absolute atomic E-state index is 0. The van der Waals surface area contributed by atoms with Crippen molar-refractivity contribution in [1.82, 2.24) is 15.5 Å². The normalized spacial score (nSPS) is 19.5. The molecule has 2 rings (SSSR count). The van der Waals surface area contributed by atoms with Crippen molar-refractivity contribution < 1.29 is 4.79 Å². The van der Waals surface area contributed by atoms with Gasteiger partial charge in [0.25, 0.3) is 0 Å². The summed E-state index contributed by atoms with van der Waals surface area (Å²) in [4.78, 5) is 14.5. The molecular weight excluding hydrogens is 321 g/mol. The second-order valence-electron chi connectivity index (χ2n) is 5.63. The molecule has 1 fully saturated rings. The number of rotatable bonds is 6. The van der Waals surface area contributed by atoms with Gasteiger partial charge in [-0.15, -0.1) is 12.4 Å². The lowest BCUT2D eigenvalue weighted by molar-refractivity contribution is -0.123. The molecule has 2 atom stereocenters. The van der Waals surface area contributed by atoms with Crippen molar-refractivity contribution in [3.63, 3.8) is 0 Å². The van der Waals surface area contributed by atoms with Crippen molar-refractivity contribution in [1.29, 1.82) is 0 Å². The number of benzene rings is 1. The zero-order valence-corrected chi connectivity index (χ0v) is 14.7. The number of carbonyl (C=O) groups excluding carboxylic acids is 1. The van der Waals surface area contributed by atoms with Crippen molar-refractivity contribution in [3.8, 4) is 0 Å². The Bertz CT molecular complexity index is 484. The first-order valence-electron chi connectivity index (χ1n) is 7.54. The van der Waals surface area contributed by atoms with E-state index in [0.717, 1.165) is 25.1 Å². The minimum atomic E-state index is -0.0726. The molecule has 0 aromatic heterocycles. The second kappa shape index (κ2) is 9.36. The van der Waals surface area contributed by atoms with Gasteiger partial charge in [-0.25, -0.2) is 0 Å². The summed E-state index contributed by atoms with van der Waals surface area (Å²) in [5.41, 5.74) is 0.959. The molecule has 4 nitrogen and oxygen atoms in total. The molecule has 0 spiro atoms. The standard InChI is InChI=1S/C16H24ClN3O.ClH/c1-12(14-7-3-4-8-15(14)17)19-16(21)11-20-9-5-6-13(20)10-18-2;/h3-4,7-8,12-13,18H,5-6,9-11H2,1-2H3,(H,19,21);1H. The van der Waals surface area contributed by atoms with Gasteiger partial charge in [0.05, 0.1) is 12.6 Å². The van der Waals surface area contributed by atoms with Gasteiger partial charge in [0.1, 0.15) is 0 Å². The van der Waals surface area contributed by atoms with E-state index in [-0.39, 0.29) is 24.4 Å². The van der Waals surface area contributed by atoms with Gasteiger partial charge in [0.2, 0.25) is 5.91 Å². The molecule has 2 N–H and O–H groups in total. The highest BCUT2D eigenvalue weighted by atomic mass is 35.5. The van der Waals surface area contributed by atoms with Crippen LogP contribution in [0, 0.1) is 0 Å². The summed E-state index contributed by atoms with van der Waals surface area (Å²) in [7, 11) is 1.95. The Hall–Kier alpha value is -0.810. The lowest BCUT2D eigenvalue weighted by atomic mass is 10.1. The highest BCUT2D eigenvalue weighted by Gasteiger charge is 2.26. The van der Waals surface area contributed by atoms with Gasteiger partial charge in [-0.3, -0.25) is 9.69 Å². The van der Waals surface area contributed by atoms with Gasteiger partial charge >= 0.3 is 0 Å². The van der Waals surface area contributed by atoms with E-state index in [0.29, 0.717) is 17.6 Å². The zero-order chi connectivity index (χ0) is 15.2. The fourth-order valence-corrected chi connectivity index (χ4v) is 3.25. The van der Waals surface area contributed by atoms with Crippen LogP contribution >= 0.6 is 24.0 Å². The van der Waals surface area contributed by atoms with Crippen LogP contribution in [0.5, 0.6) is 0 Å². The van der Waals surface area contributed by atoms with Crippen molar-refractivity contribution in [2.45, 2.75) is 31.8 Å². The van der Waals surface area contributed by atoms with E-state index in [9.17, 15) is 4.79 Å². The molecular formula is C16H25Cl2N3O. The largest absolute Gasteiger partial charge is 0.348 e. The van der Waals surface area contributed by atoms with E-state index in [1.54, 1.807) is 0 Å². The third-order valence-electron chi connectivity index (χ3n) is 4.03. The number of likely N-dealkylation sites (tertiary alicyclic amines) is 1. The van der Waals surface area contributed by atoms with Gasteiger partial charge in [-0.05, 0) is 45.0 Å². The first-order chi connectivity index (χ1) is 10.1. The molecule has 1 heterocycles. The van der Waals surface area contributed by atoms with Gasteiger partial charge in [0.15, 0.2) is 0 Å². The summed E-state index contributed by atoms with van der Waals surface area (Å²) in [6, 6.07) is 8.03. The van der Waals surface area contributed by atoms with Gasteiger partial charge < -0.3 is 10.6 Å². The molecule has 0 bridgehead atoms. The number of hydrogen-bond acceptors (Lipinski definition) is 3.